The Morgan fingerprint density at radius 1 is 0.880 bits per heavy atom. The van der Waals surface area contributed by atoms with Crippen molar-refractivity contribution in [1.82, 2.24) is 5.48 Å². The van der Waals surface area contributed by atoms with Crippen molar-refractivity contribution in [1.29, 1.82) is 0 Å². The van der Waals surface area contributed by atoms with E-state index in [2.05, 4.69) is 5.48 Å². The fourth-order valence-electron chi connectivity index (χ4n) is 2.06. The van der Waals surface area contributed by atoms with E-state index in [0.717, 1.165) is 5.75 Å². The zero-order valence-electron chi connectivity index (χ0n) is 14.5. The summed E-state index contributed by atoms with van der Waals surface area (Å²) >= 11 is 0. The Bertz CT molecular complexity index is 660. The summed E-state index contributed by atoms with van der Waals surface area (Å²) in [7, 11) is 0. The molecule has 0 radical (unpaired) electrons. The molecule has 6 heteroatoms. The molecule has 0 saturated heterocycles. The SMILES string of the molecule is CCONC(=O)c1ccc(OCCOc2ccccc2)c(OCC)c1. The normalized spacial score (nSPS) is 10.2. The van der Waals surface area contributed by atoms with Gasteiger partial charge in [0.15, 0.2) is 11.5 Å². The zero-order chi connectivity index (χ0) is 17.9. The number of carbonyl (C=O) groups excluding carboxylic acids is 1. The van der Waals surface area contributed by atoms with E-state index in [0.29, 0.717) is 43.5 Å². The van der Waals surface area contributed by atoms with Gasteiger partial charge in [-0.15, -0.1) is 0 Å². The monoisotopic (exact) mass is 345 g/mol. The number of nitrogens with one attached hydrogen (secondary N) is 1. The molecule has 0 unspecified atom stereocenters. The van der Waals surface area contributed by atoms with Gasteiger partial charge in [0.25, 0.3) is 5.91 Å². The molecule has 6 nitrogen and oxygen atoms in total. The number of ether oxygens (including phenoxy) is 3. The van der Waals surface area contributed by atoms with Crippen molar-refractivity contribution in [2.75, 3.05) is 26.4 Å². The standard InChI is InChI=1S/C19H23NO5/c1-3-22-18-14-15(19(21)20-25-4-2)10-11-17(18)24-13-12-23-16-8-6-5-7-9-16/h5-11,14H,3-4,12-13H2,1-2H3,(H,20,21). The van der Waals surface area contributed by atoms with Gasteiger partial charge >= 0.3 is 0 Å². The van der Waals surface area contributed by atoms with Gasteiger partial charge in [0.2, 0.25) is 0 Å². The van der Waals surface area contributed by atoms with Crippen LogP contribution in [0.1, 0.15) is 24.2 Å². The van der Waals surface area contributed by atoms with E-state index < -0.39 is 0 Å². The van der Waals surface area contributed by atoms with Crippen LogP contribution in [0.15, 0.2) is 48.5 Å². The lowest BCUT2D eigenvalue weighted by Gasteiger charge is -2.14. The minimum Gasteiger partial charge on any atom is -0.490 e. The summed E-state index contributed by atoms with van der Waals surface area (Å²) in [6.07, 6.45) is 0. The fourth-order valence-corrected chi connectivity index (χ4v) is 2.06. The zero-order valence-corrected chi connectivity index (χ0v) is 14.5. The van der Waals surface area contributed by atoms with Crippen molar-refractivity contribution < 1.29 is 23.8 Å². The Balaban J connectivity index is 1.93. The van der Waals surface area contributed by atoms with Gasteiger partial charge in [-0.05, 0) is 44.2 Å². The molecule has 1 amide bonds. The maximum atomic E-state index is 11.9. The van der Waals surface area contributed by atoms with Crippen LogP contribution in [0.25, 0.3) is 0 Å². The fraction of sp³-hybridized carbons (Fsp3) is 0.316. The van der Waals surface area contributed by atoms with Gasteiger partial charge in [0.05, 0.1) is 13.2 Å². The number of amides is 1. The quantitative estimate of drug-likeness (QED) is 0.529. The van der Waals surface area contributed by atoms with Crippen molar-refractivity contribution in [3.05, 3.63) is 54.1 Å². The number of para-hydroxylation sites is 1. The van der Waals surface area contributed by atoms with Gasteiger partial charge in [0, 0.05) is 5.56 Å². The van der Waals surface area contributed by atoms with E-state index in [-0.39, 0.29) is 5.91 Å². The molecule has 2 aromatic carbocycles. The molecular formula is C19H23NO5. The predicted molar refractivity (Wildman–Crippen MR) is 94.1 cm³/mol. The van der Waals surface area contributed by atoms with Crippen molar-refractivity contribution in [3.8, 4) is 17.2 Å². The van der Waals surface area contributed by atoms with E-state index in [9.17, 15) is 4.79 Å². The summed E-state index contributed by atoms with van der Waals surface area (Å²) in [6.45, 7) is 5.29. The van der Waals surface area contributed by atoms with Crippen LogP contribution in [-0.4, -0.2) is 32.3 Å². The first-order valence-corrected chi connectivity index (χ1v) is 8.24. The highest BCUT2D eigenvalue weighted by molar-refractivity contribution is 5.94. The summed E-state index contributed by atoms with van der Waals surface area (Å²) < 4.78 is 16.9. The third kappa shape index (κ3) is 6.00. The maximum Gasteiger partial charge on any atom is 0.274 e. The molecule has 1 N–H and O–H groups in total. The highest BCUT2D eigenvalue weighted by atomic mass is 16.6. The molecule has 0 atom stereocenters. The molecule has 2 aromatic rings. The van der Waals surface area contributed by atoms with Crippen LogP contribution >= 0.6 is 0 Å². The first-order valence-electron chi connectivity index (χ1n) is 8.24. The van der Waals surface area contributed by atoms with Crippen LogP contribution in [0.4, 0.5) is 0 Å². The molecule has 0 saturated carbocycles. The van der Waals surface area contributed by atoms with E-state index in [4.69, 9.17) is 19.0 Å². The molecule has 0 aliphatic carbocycles. The summed E-state index contributed by atoms with van der Waals surface area (Å²) in [5.41, 5.74) is 2.79. The van der Waals surface area contributed by atoms with Gasteiger partial charge in [0.1, 0.15) is 19.0 Å². The number of hydroxylamine groups is 1. The molecular weight excluding hydrogens is 322 g/mol. The highest BCUT2D eigenvalue weighted by Crippen LogP contribution is 2.28. The van der Waals surface area contributed by atoms with E-state index in [1.807, 2.05) is 37.3 Å². The molecule has 0 fully saturated rings. The Morgan fingerprint density at radius 2 is 1.64 bits per heavy atom. The average Bonchev–Trinajstić information content (AvgIpc) is 2.65. The maximum absolute atomic E-state index is 11.9. The summed E-state index contributed by atoms with van der Waals surface area (Å²) in [5.74, 6) is 1.53. The van der Waals surface area contributed by atoms with Crippen LogP contribution in [0.2, 0.25) is 0 Å². The number of benzene rings is 2. The Labute approximate surface area is 147 Å². The Hall–Kier alpha value is -2.73. The largest absolute Gasteiger partial charge is 0.490 e. The highest BCUT2D eigenvalue weighted by Gasteiger charge is 2.11. The number of carbonyl (C=O) groups is 1. The van der Waals surface area contributed by atoms with Crippen LogP contribution in [-0.2, 0) is 4.84 Å². The van der Waals surface area contributed by atoms with E-state index in [1.165, 1.54) is 0 Å². The van der Waals surface area contributed by atoms with E-state index in [1.54, 1.807) is 25.1 Å². The third-order valence-corrected chi connectivity index (χ3v) is 3.17. The lowest BCUT2D eigenvalue weighted by atomic mass is 10.2. The molecule has 2 rings (SSSR count). The minimum atomic E-state index is -0.332. The molecule has 134 valence electrons. The van der Waals surface area contributed by atoms with Gasteiger partial charge < -0.3 is 14.2 Å². The van der Waals surface area contributed by atoms with Crippen LogP contribution < -0.4 is 19.7 Å². The molecule has 0 heterocycles. The second kappa shape index (κ2) is 10.2. The summed E-state index contributed by atoms with van der Waals surface area (Å²) in [6, 6.07) is 14.5. The summed E-state index contributed by atoms with van der Waals surface area (Å²) in [4.78, 5) is 16.8. The van der Waals surface area contributed by atoms with Gasteiger partial charge in [-0.3, -0.25) is 9.63 Å². The van der Waals surface area contributed by atoms with Gasteiger partial charge in [-0.1, -0.05) is 18.2 Å². The van der Waals surface area contributed by atoms with Crippen LogP contribution in [0, 0.1) is 0 Å². The second-order valence-electron chi connectivity index (χ2n) is 4.97. The Morgan fingerprint density at radius 3 is 2.36 bits per heavy atom. The average molecular weight is 345 g/mol. The summed E-state index contributed by atoms with van der Waals surface area (Å²) in [5, 5.41) is 0. The second-order valence-corrected chi connectivity index (χ2v) is 4.97. The van der Waals surface area contributed by atoms with Crippen molar-refractivity contribution in [3.63, 3.8) is 0 Å². The minimum absolute atomic E-state index is 0.332. The lowest BCUT2D eigenvalue weighted by molar-refractivity contribution is 0.0364. The molecule has 0 aromatic heterocycles. The number of hydrogen-bond donors (Lipinski definition) is 1. The first kappa shape index (κ1) is 18.6. The predicted octanol–water partition coefficient (Wildman–Crippen LogP) is 3.22. The molecule has 0 aliphatic rings. The third-order valence-electron chi connectivity index (χ3n) is 3.17. The van der Waals surface area contributed by atoms with Crippen LogP contribution in [0.3, 0.4) is 0 Å². The molecule has 0 spiro atoms. The van der Waals surface area contributed by atoms with Gasteiger partial charge in [-0.25, -0.2) is 5.48 Å². The lowest BCUT2D eigenvalue weighted by Crippen LogP contribution is -2.23. The first-order chi connectivity index (χ1) is 12.2. The van der Waals surface area contributed by atoms with Crippen molar-refractivity contribution >= 4 is 5.91 Å². The molecule has 0 bridgehead atoms. The van der Waals surface area contributed by atoms with Crippen molar-refractivity contribution in [2.45, 2.75) is 13.8 Å². The van der Waals surface area contributed by atoms with Gasteiger partial charge in [-0.2, -0.15) is 0 Å². The Kier molecular flexibility index (Phi) is 7.59. The topological polar surface area (TPSA) is 66.0 Å². The van der Waals surface area contributed by atoms with E-state index >= 15 is 0 Å². The van der Waals surface area contributed by atoms with Crippen LogP contribution in [0.5, 0.6) is 17.2 Å². The molecule has 25 heavy (non-hydrogen) atoms. The number of hydrogen-bond acceptors (Lipinski definition) is 5. The van der Waals surface area contributed by atoms with Crippen molar-refractivity contribution in [2.24, 2.45) is 0 Å². The molecule has 0 aliphatic heterocycles. The smallest absolute Gasteiger partial charge is 0.274 e. The number of rotatable bonds is 10.